The van der Waals surface area contributed by atoms with Crippen LogP contribution >= 0.6 is 11.6 Å². The van der Waals surface area contributed by atoms with E-state index >= 15 is 0 Å². The topological polar surface area (TPSA) is 0 Å². The Balaban J connectivity index is 2.41. The highest BCUT2D eigenvalue weighted by Crippen LogP contribution is 2.31. The number of rotatable bonds is 2. The molecule has 0 amide bonds. The first-order chi connectivity index (χ1) is 8.49. The van der Waals surface area contributed by atoms with Crippen LogP contribution in [0.4, 0.5) is 13.2 Å². The van der Waals surface area contributed by atoms with Crippen molar-refractivity contribution in [1.82, 2.24) is 0 Å². The standard InChI is InChI=1S/C14H10ClF3/c1-8-2-3-9(6-12(8)17)14(15)11-5-4-10(16)7-13(11)18/h2-7,14H,1H3. The van der Waals surface area contributed by atoms with E-state index in [1.165, 1.54) is 12.1 Å². The molecular formula is C14H10ClF3. The summed E-state index contributed by atoms with van der Waals surface area (Å²) in [5.41, 5.74) is 1.05. The predicted octanol–water partition coefficient (Wildman–Crippen LogP) is 4.74. The molecule has 0 nitrogen and oxygen atoms in total. The Kier molecular flexibility index (Phi) is 3.62. The Morgan fingerprint density at radius 1 is 0.944 bits per heavy atom. The predicted molar refractivity (Wildman–Crippen MR) is 65.2 cm³/mol. The van der Waals surface area contributed by atoms with Gasteiger partial charge in [-0.3, -0.25) is 0 Å². The fourth-order valence-corrected chi connectivity index (χ4v) is 1.97. The number of hydrogen-bond acceptors (Lipinski definition) is 0. The van der Waals surface area contributed by atoms with Crippen LogP contribution in [0.1, 0.15) is 22.1 Å². The summed E-state index contributed by atoms with van der Waals surface area (Å²) in [5.74, 6) is -1.81. The van der Waals surface area contributed by atoms with Crippen LogP contribution in [-0.2, 0) is 0 Å². The Morgan fingerprint density at radius 3 is 2.28 bits per heavy atom. The van der Waals surface area contributed by atoms with Crippen LogP contribution in [0.15, 0.2) is 36.4 Å². The van der Waals surface area contributed by atoms with E-state index in [-0.39, 0.29) is 5.56 Å². The van der Waals surface area contributed by atoms with Gasteiger partial charge in [0.2, 0.25) is 0 Å². The zero-order valence-electron chi connectivity index (χ0n) is 9.55. The first-order valence-corrected chi connectivity index (χ1v) is 5.78. The summed E-state index contributed by atoms with van der Waals surface area (Å²) < 4.78 is 39.7. The molecule has 1 unspecified atom stereocenters. The van der Waals surface area contributed by atoms with Crippen molar-refractivity contribution in [3.8, 4) is 0 Å². The Bertz CT molecular complexity index is 581. The number of benzene rings is 2. The first-order valence-electron chi connectivity index (χ1n) is 5.34. The Labute approximate surface area is 108 Å². The molecule has 0 fully saturated rings. The number of halogens is 4. The van der Waals surface area contributed by atoms with Crippen molar-refractivity contribution >= 4 is 11.6 Å². The van der Waals surface area contributed by atoms with Gasteiger partial charge in [-0.05, 0) is 30.2 Å². The summed E-state index contributed by atoms with van der Waals surface area (Å²) in [6.45, 7) is 1.63. The van der Waals surface area contributed by atoms with Gasteiger partial charge in [0.15, 0.2) is 0 Å². The van der Waals surface area contributed by atoms with E-state index in [0.29, 0.717) is 11.1 Å². The second kappa shape index (κ2) is 5.02. The smallest absolute Gasteiger partial charge is 0.131 e. The molecule has 0 N–H and O–H groups in total. The molecule has 0 aliphatic rings. The van der Waals surface area contributed by atoms with Gasteiger partial charge in [0, 0.05) is 11.6 Å². The largest absolute Gasteiger partial charge is 0.207 e. The monoisotopic (exact) mass is 270 g/mol. The lowest BCUT2D eigenvalue weighted by Crippen LogP contribution is -1.99. The van der Waals surface area contributed by atoms with Gasteiger partial charge in [-0.2, -0.15) is 0 Å². The van der Waals surface area contributed by atoms with Gasteiger partial charge in [0.25, 0.3) is 0 Å². The molecule has 0 bridgehead atoms. The van der Waals surface area contributed by atoms with E-state index in [0.717, 1.165) is 12.1 Å². The third kappa shape index (κ3) is 2.51. The van der Waals surface area contributed by atoms with Gasteiger partial charge in [-0.1, -0.05) is 18.2 Å². The average Bonchev–Trinajstić information content (AvgIpc) is 2.32. The molecular weight excluding hydrogens is 261 g/mol. The Morgan fingerprint density at radius 2 is 1.67 bits per heavy atom. The molecule has 2 rings (SSSR count). The van der Waals surface area contributed by atoms with Gasteiger partial charge < -0.3 is 0 Å². The van der Waals surface area contributed by atoms with Crippen molar-refractivity contribution in [1.29, 1.82) is 0 Å². The van der Waals surface area contributed by atoms with E-state index in [1.54, 1.807) is 19.1 Å². The molecule has 0 radical (unpaired) electrons. The van der Waals surface area contributed by atoms with Crippen LogP contribution in [0.5, 0.6) is 0 Å². The van der Waals surface area contributed by atoms with Crippen LogP contribution in [-0.4, -0.2) is 0 Å². The second-order valence-electron chi connectivity index (χ2n) is 4.04. The lowest BCUT2D eigenvalue weighted by molar-refractivity contribution is 0.573. The van der Waals surface area contributed by atoms with Crippen LogP contribution in [0, 0.1) is 24.4 Å². The summed E-state index contributed by atoms with van der Waals surface area (Å²) in [4.78, 5) is 0. The van der Waals surface area contributed by atoms with Crippen LogP contribution in [0.3, 0.4) is 0 Å². The lowest BCUT2D eigenvalue weighted by Gasteiger charge is -2.12. The maximum atomic E-state index is 13.5. The Hall–Kier alpha value is -1.48. The molecule has 0 spiro atoms. The lowest BCUT2D eigenvalue weighted by atomic mass is 10.0. The number of hydrogen-bond donors (Lipinski definition) is 0. The van der Waals surface area contributed by atoms with E-state index in [4.69, 9.17) is 11.6 Å². The molecule has 4 heteroatoms. The summed E-state index contributed by atoms with van der Waals surface area (Å²) in [7, 11) is 0. The fourth-order valence-electron chi connectivity index (χ4n) is 1.65. The SMILES string of the molecule is Cc1ccc(C(Cl)c2ccc(F)cc2F)cc1F. The fraction of sp³-hybridized carbons (Fsp3) is 0.143. The van der Waals surface area contributed by atoms with Crippen molar-refractivity contribution in [2.75, 3.05) is 0 Å². The van der Waals surface area contributed by atoms with Gasteiger partial charge in [0.1, 0.15) is 17.5 Å². The van der Waals surface area contributed by atoms with Crippen LogP contribution in [0.25, 0.3) is 0 Å². The minimum absolute atomic E-state index is 0.126. The molecule has 0 heterocycles. The van der Waals surface area contributed by atoms with Gasteiger partial charge in [-0.25, -0.2) is 13.2 Å². The highest BCUT2D eigenvalue weighted by molar-refractivity contribution is 6.22. The second-order valence-corrected chi connectivity index (χ2v) is 4.47. The third-order valence-corrected chi connectivity index (χ3v) is 3.21. The molecule has 18 heavy (non-hydrogen) atoms. The van der Waals surface area contributed by atoms with E-state index in [2.05, 4.69) is 0 Å². The summed E-state index contributed by atoms with van der Waals surface area (Å²) in [5, 5.41) is -0.847. The molecule has 1 atom stereocenters. The highest BCUT2D eigenvalue weighted by atomic mass is 35.5. The molecule has 0 saturated carbocycles. The molecule has 2 aromatic rings. The van der Waals surface area contributed by atoms with Gasteiger partial charge in [0.05, 0.1) is 5.38 Å². The maximum Gasteiger partial charge on any atom is 0.131 e. The summed E-state index contributed by atoms with van der Waals surface area (Å²) in [6.07, 6.45) is 0. The van der Waals surface area contributed by atoms with Crippen molar-refractivity contribution in [3.63, 3.8) is 0 Å². The van der Waals surface area contributed by atoms with Crippen molar-refractivity contribution < 1.29 is 13.2 Å². The van der Waals surface area contributed by atoms with Crippen molar-refractivity contribution in [3.05, 3.63) is 70.5 Å². The van der Waals surface area contributed by atoms with Crippen molar-refractivity contribution in [2.24, 2.45) is 0 Å². The molecule has 0 aromatic heterocycles. The van der Waals surface area contributed by atoms with Gasteiger partial charge in [-0.15, -0.1) is 11.6 Å². The third-order valence-electron chi connectivity index (χ3n) is 2.72. The average molecular weight is 271 g/mol. The van der Waals surface area contributed by atoms with Crippen LogP contribution < -0.4 is 0 Å². The van der Waals surface area contributed by atoms with E-state index in [9.17, 15) is 13.2 Å². The van der Waals surface area contributed by atoms with E-state index in [1.807, 2.05) is 0 Å². The minimum Gasteiger partial charge on any atom is -0.207 e. The van der Waals surface area contributed by atoms with E-state index < -0.39 is 22.8 Å². The molecule has 94 valence electrons. The molecule has 0 aliphatic heterocycles. The maximum absolute atomic E-state index is 13.5. The normalized spacial score (nSPS) is 12.5. The quantitative estimate of drug-likeness (QED) is 0.692. The number of alkyl halides is 1. The van der Waals surface area contributed by atoms with Crippen LogP contribution in [0.2, 0.25) is 0 Å². The summed E-state index contributed by atoms with van der Waals surface area (Å²) in [6, 6.07) is 7.60. The van der Waals surface area contributed by atoms with Gasteiger partial charge >= 0.3 is 0 Å². The summed E-state index contributed by atoms with van der Waals surface area (Å²) >= 11 is 6.08. The molecule has 2 aromatic carbocycles. The molecule has 0 aliphatic carbocycles. The zero-order valence-corrected chi connectivity index (χ0v) is 10.3. The zero-order chi connectivity index (χ0) is 13.3. The van der Waals surface area contributed by atoms with Crippen molar-refractivity contribution in [2.45, 2.75) is 12.3 Å². The molecule has 0 saturated heterocycles. The first kappa shape index (κ1) is 13.0. The minimum atomic E-state index is -0.847. The number of aryl methyl sites for hydroxylation is 1. The highest BCUT2D eigenvalue weighted by Gasteiger charge is 2.16.